The summed E-state index contributed by atoms with van der Waals surface area (Å²) in [7, 11) is 1.57. The summed E-state index contributed by atoms with van der Waals surface area (Å²) in [5.41, 5.74) is 0. The first-order valence-electron chi connectivity index (χ1n) is 5.91. The summed E-state index contributed by atoms with van der Waals surface area (Å²) in [4.78, 5) is 0.929. The molecule has 1 aliphatic carbocycles. The number of rotatable bonds is 3. The van der Waals surface area contributed by atoms with Crippen molar-refractivity contribution in [3.8, 4) is 10.7 Å². The van der Waals surface area contributed by atoms with Crippen molar-refractivity contribution in [2.24, 2.45) is 0 Å². The second-order valence-corrected chi connectivity index (χ2v) is 9.10. The van der Waals surface area contributed by atoms with Gasteiger partial charge in [-0.2, -0.15) is 0 Å². The van der Waals surface area contributed by atoms with Crippen LogP contribution in [0.3, 0.4) is 0 Å². The molecule has 0 unspecified atom stereocenters. The molecule has 9 heteroatoms. The van der Waals surface area contributed by atoms with E-state index in [0.29, 0.717) is 5.82 Å². The molecule has 104 valence electrons. The van der Waals surface area contributed by atoms with Crippen molar-refractivity contribution in [3.05, 3.63) is 17.5 Å². The SMILES string of the molecule is O=S(=O)(Cl)c1nnc(-c2cc3sccc3s2)n1C1CC1. The van der Waals surface area contributed by atoms with Crippen LogP contribution in [0.2, 0.25) is 0 Å². The van der Waals surface area contributed by atoms with Crippen molar-refractivity contribution in [1.82, 2.24) is 14.8 Å². The zero-order valence-corrected chi connectivity index (χ0v) is 13.2. The second kappa shape index (κ2) is 4.27. The predicted octanol–water partition coefficient (Wildman–Crippen LogP) is 3.48. The van der Waals surface area contributed by atoms with Gasteiger partial charge in [-0.3, -0.25) is 4.57 Å². The Hall–Kier alpha value is -0.960. The van der Waals surface area contributed by atoms with E-state index in [4.69, 9.17) is 10.7 Å². The fourth-order valence-electron chi connectivity index (χ4n) is 2.15. The van der Waals surface area contributed by atoms with Crippen LogP contribution in [0.25, 0.3) is 20.1 Å². The minimum Gasteiger partial charge on any atom is -0.293 e. The van der Waals surface area contributed by atoms with Gasteiger partial charge < -0.3 is 0 Å². The molecule has 0 aliphatic heterocycles. The zero-order valence-electron chi connectivity index (χ0n) is 9.98. The van der Waals surface area contributed by atoms with E-state index in [1.165, 1.54) is 9.40 Å². The summed E-state index contributed by atoms with van der Waals surface area (Å²) in [6, 6.07) is 4.22. The van der Waals surface area contributed by atoms with Crippen LogP contribution < -0.4 is 0 Å². The van der Waals surface area contributed by atoms with Gasteiger partial charge in [0.1, 0.15) is 0 Å². The van der Waals surface area contributed by atoms with Gasteiger partial charge in [0.05, 0.1) is 4.88 Å². The molecule has 1 fully saturated rings. The van der Waals surface area contributed by atoms with Gasteiger partial charge >= 0.3 is 0 Å². The van der Waals surface area contributed by atoms with E-state index in [1.807, 2.05) is 17.5 Å². The molecule has 3 aromatic rings. The van der Waals surface area contributed by atoms with Crippen molar-refractivity contribution >= 4 is 51.8 Å². The van der Waals surface area contributed by atoms with E-state index >= 15 is 0 Å². The average molecular weight is 346 g/mol. The summed E-state index contributed by atoms with van der Waals surface area (Å²) in [5.74, 6) is 0.597. The van der Waals surface area contributed by atoms with Crippen LogP contribution in [-0.4, -0.2) is 23.2 Å². The van der Waals surface area contributed by atoms with Crippen molar-refractivity contribution in [2.75, 3.05) is 0 Å². The van der Waals surface area contributed by atoms with Crippen LogP contribution in [-0.2, 0) is 9.05 Å². The van der Waals surface area contributed by atoms with Crippen LogP contribution in [0.4, 0.5) is 0 Å². The number of nitrogens with zero attached hydrogens (tertiary/aromatic N) is 3. The van der Waals surface area contributed by atoms with Crippen molar-refractivity contribution in [1.29, 1.82) is 0 Å². The minimum atomic E-state index is -3.87. The van der Waals surface area contributed by atoms with Gasteiger partial charge in [-0.1, -0.05) is 0 Å². The lowest BCUT2D eigenvalue weighted by atomic mass is 10.4. The largest absolute Gasteiger partial charge is 0.296 e. The average Bonchev–Trinajstić information content (AvgIpc) is 2.81. The number of thiophene rings is 2. The molecule has 0 bridgehead atoms. The molecule has 0 N–H and O–H groups in total. The number of fused-ring (bicyclic) bond motifs is 1. The third-order valence-corrected chi connectivity index (χ3v) is 6.37. The van der Waals surface area contributed by atoms with Crippen LogP contribution >= 0.6 is 33.4 Å². The van der Waals surface area contributed by atoms with Gasteiger partial charge in [-0.25, -0.2) is 8.42 Å². The summed E-state index contributed by atoms with van der Waals surface area (Å²) < 4.78 is 27.2. The van der Waals surface area contributed by atoms with E-state index in [9.17, 15) is 8.42 Å². The Morgan fingerprint density at radius 3 is 2.75 bits per heavy atom. The molecule has 4 rings (SSSR count). The van der Waals surface area contributed by atoms with Gasteiger partial charge in [0, 0.05) is 26.1 Å². The molecule has 3 heterocycles. The fourth-order valence-corrected chi connectivity index (χ4v) is 5.16. The maximum absolute atomic E-state index is 11.6. The zero-order chi connectivity index (χ0) is 13.9. The standard InChI is InChI=1S/C11H8ClN3O2S3/c12-20(16,17)11-14-13-10(15(11)6-1-2-6)9-5-8-7(19-9)3-4-18-8/h3-6H,1-2H2. The molecule has 1 aliphatic rings. The van der Waals surface area contributed by atoms with Crippen LogP contribution in [0.1, 0.15) is 18.9 Å². The topological polar surface area (TPSA) is 64.8 Å². The molecule has 0 amide bonds. The van der Waals surface area contributed by atoms with Crippen molar-refractivity contribution in [3.63, 3.8) is 0 Å². The Morgan fingerprint density at radius 2 is 2.10 bits per heavy atom. The van der Waals surface area contributed by atoms with Gasteiger partial charge in [-0.05, 0) is 30.4 Å². The molecular formula is C11H8ClN3O2S3. The number of halogens is 1. The van der Waals surface area contributed by atoms with Gasteiger partial charge in [0.25, 0.3) is 14.2 Å². The lowest BCUT2D eigenvalue weighted by molar-refractivity contribution is 0.579. The van der Waals surface area contributed by atoms with E-state index < -0.39 is 9.05 Å². The highest BCUT2D eigenvalue weighted by Crippen LogP contribution is 2.43. The Labute approximate surface area is 127 Å². The fraction of sp³-hybridized carbons (Fsp3) is 0.273. The quantitative estimate of drug-likeness (QED) is 0.682. The maximum Gasteiger partial charge on any atom is 0.296 e. The van der Waals surface area contributed by atoms with Crippen LogP contribution in [0, 0.1) is 0 Å². The van der Waals surface area contributed by atoms with E-state index in [-0.39, 0.29) is 11.2 Å². The van der Waals surface area contributed by atoms with E-state index in [2.05, 4.69) is 10.2 Å². The van der Waals surface area contributed by atoms with Gasteiger partial charge in [0.15, 0.2) is 5.82 Å². The summed E-state index contributed by atoms with van der Waals surface area (Å²) in [6.45, 7) is 0. The highest BCUT2D eigenvalue weighted by molar-refractivity contribution is 8.13. The Morgan fingerprint density at radius 1 is 1.30 bits per heavy atom. The first-order chi connectivity index (χ1) is 9.54. The smallest absolute Gasteiger partial charge is 0.293 e. The Balaban J connectivity index is 1.94. The summed E-state index contributed by atoms with van der Waals surface area (Å²) >= 11 is 3.24. The molecule has 5 nitrogen and oxygen atoms in total. The van der Waals surface area contributed by atoms with Crippen LogP contribution in [0.5, 0.6) is 0 Å². The molecule has 1 saturated carbocycles. The second-order valence-electron chi connectivity index (χ2n) is 4.60. The molecule has 0 spiro atoms. The summed E-state index contributed by atoms with van der Waals surface area (Å²) in [5, 5.41) is 9.72. The molecule has 3 aromatic heterocycles. The monoisotopic (exact) mass is 345 g/mol. The Bertz CT molecular complexity index is 876. The molecule has 0 radical (unpaired) electrons. The molecule has 0 saturated heterocycles. The van der Waals surface area contributed by atoms with Gasteiger partial charge in [-0.15, -0.1) is 32.9 Å². The maximum atomic E-state index is 11.6. The van der Waals surface area contributed by atoms with Crippen LogP contribution in [0.15, 0.2) is 22.7 Å². The number of hydrogen-bond donors (Lipinski definition) is 0. The molecular weight excluding hydrogens is 338 g/mol. The Kier molecular flexibility index (Phi) is 2.72. The highest BCUT2D eigenvalue weighted by Gasteiger charge is 2.34. The third kappa shape index (κ3) is 1.98. The molecule has 20 heavy (non-hydrogen) atoms. The number of hydrogen-bond acceptors (Lipinski definition) is 6. The lowest BCUT2D eigenvalue weighted by Crippen LogP contribution is -2.05. The first kappa shape index (κ1) is 12.8. The lowest BCUT2D eigenvalue weighted by Gasteiger charge is -2.05. The summed E-state index contributed by atoms with van der Waals surface area (Å²) in [6.07, 6.45) is 1.87. The van der Waals surface area contributed by atoms with Gasteiger partial charge in [0.2, 0.25) is 0 Å². The predicted molar refractivity (Wildman–Crippen MR) is 80.0 cm³/mol. The number of aromatic nitrogens is 3. The van der Waals surface area contributed by atoms with Crippen molar-refractivity contribution < 1.29 is 8.42 Å². The van der Waals surface area contributed by atoms with Crippen molar-refractivity contribution in [2.45, 2.75) is 24.0 Å². The normalized spacial score (nSPS) is 16.1. The molecule has 0 atom stereocenters. The first-order valence-corrected chi connectivity index (χ1v) is 9.91. The third-order valence-electron chi connectivity index (χ3n) is 3.15. The minimum absolute atomic E-state index is 0.142. The van der Waals surface area contributed by atoms with E-state index in [1.54, 1.807) is 27.2 Å². The van der Waals surface area contributed by atoms with E-state index in [0.717, 1.165) is 17.7 Å². The molecule has 0 aromatic carbocycles. The highest BCUT2D eigenvalue weighted by atomic mass is 35.7.